The number of amides is 1. The van der Waals surface area contributed by atoms with Crippen LogP contribution in [0.4, 0.5) is 4.79 Å². The van der Waals surface area contributed by atoms with E-state index in [9.17, 15) is 9.59 Å². The zero-order valence-corrected chi connectivity index (χ0v) is 18.2. The maximum Gasteiger partial charge on any atom is 0.408 e. The predicted molar refractivity (Wildman–Crippen MR) is 109 cm³/mol. The van der Waals surface area contributed by atoms with E-state index >= 15 is 0 Å². The topological polar surface area (TPSA) is 73.9 Å². The monoisotopic (exact) mass is 477 g/mol. The van der Waals surface area contributed by atoms with Gasteiger partial charge < -0.3 is 19.5 Å². The first-order chi connectivity index (χ1) is 12.1. The number of methoxy groups -OCH3 is 1. The summed E-state index contributed by atoms with van der Waals surface area (Å²) in [7, 11) is 1.29. The summed E-state index contributed by atoms with van der Waals surface area (Å²) in [6.45, 7) is 7.58. The minimum atomic E-state index is -1.24. The SMILES string of the molecule is COC(=O)C(C)(Cc1ccc(OCCCI)cc1)NC(=O)OC(C)(C)C. The van der Waals surface area contributed by atoms with Crippen molar-refractivity contribution in [1.29, 1.82) is 0 Å². The summed E-state index contributed by atoms with van der Waals surface area (Å²) in [6, 6.07) is 7.45. The fraction of sp³-hybridized carbons (Fsp3) is 0.579. The molecular weight excluding hydrogens is 449 g/mol. The van der Waals surface area contributed by atoms with Gasteiger partial charge in [-0.2, -0.15) is 0 Å². The Bertz CT molecular complexity index is 597. The Morgan fingerprint density at radius 1 is 1.12 bits per heavy atom. The molecule has 1 unspecified atom stereocenters. The molecule has 1 amide bonds. The Morgan fingerprint density at radius 2 is 1.73 bits per heavy atom. The maximum absolute atomic E-state index is 12.3. The second kappa shape index (κ2) is 9.99. The van der Waals surface area contributed by atoms with Gasteiger partial charge in [0.05, 0.1) is 13.7 Å². The summed E-state index contributed by atoms with van der Waals surface area (Å²) < 4.78 is 16.8. The minimum Gasteiger partial charge on any atom is -0.494 e. The Hall–Kier alpha value is -1.51. The van der Waals surface area contributed by atoms with Gasteiger partial charge in [-0.15, -0.1) is 0 Å². The van der Waals surface area contributed by atoms with Gasteiger partial charge in [0.2, 0.25) is 0 Å². The maximum atomic E-state index is 12.3. The molecule has 0 aliphatic heterocycles. The van der Waals surface area contributed by atoms with E-state index in [-0.39, 0.29) is 6.42 Å². The molecule has 1 aromatic carbocycles. The summed E-state index contributed by atoms with van der Waals surface area (Å²) in [5.41, 5.74) is -1.02. The molecular formula is C19H28INO5. The third kappa shape index (κ3) is 7.80. The average molecular weight is 477 g/mol. The van der Waals surface area contributed by atoms with Crippen molar-refractivity contribution in [2.24, 2.45) is 0 Å². The summed E-state index contributed by atoms with van der Waals surface area (Å²) in [5.74, 6) is 0.240. The van der Waals surface area contributed by atoms with Crippen molar-refractivity contribution in [2.45, 2.75) is 51.7 Å². The molecule has 1 rings (SSSR count). The number of rotatable bonds is 8. The van der Waals surface area contributed by atoms with E-state index in [0.29, 0.717) is 6.61 Å². The second-order valence-corrected chi connectivity index (χ2v) is 8.24. The minimum absolute atomic E-state index is 0.271. The molecule has 0 spiro atoms. The molecule has 0 fully saturated rings. The molecule has 0 saturated heterocycles. The Balaban J connectivity index is 2.83. The zero-order valence-electron chi connectivity index (χ0n) is 16.1. The van der Waals surface area contributed by atoms with Crippen molar-refractivity contribution in [3.8, 4) is 5.75 Å². The van der Waals surface area contributed by atoms with Crippen LogP contribution in [0.2, 0.25) is 0 Å². The van der Waals surface area contributed by atoms with Crippen LogP contribution < -0.4 is 10.1 Å². The lowest BCUT2D eigenvalue weighted by atomic mass is 9.93. The standard InChI is InChI=1S/C19H28INO5/c1-18(2,3)26-17(23)21-19(4,16(22)24-5)13-14-7-9-15(10-8-14)25-12-6-11-20/h7-10H,6,11-13H2,1-5H3,(H,21,23). The van der Waals surface area contributed by atoms with Crippen LogP contribution in [0.25, 0.3) is 0 Å². The summed E-state index contributed by atoms with van der Waals surface area (Å²) in [6.07, 6.45) is 0.597. The number of halogens is 1. The molecule has 1 aromatic rings. The molecule has 6 nitrogen and oxygen atoms in total. The lowest BCUT2D eigenvalue weighted by Crippen LogP contribution is -2.55. The van der Waals surface area contributed by atoms with E-state index < -0.39 is 23.2 Å². The van der Waals surface area contributed by atoms with Crippen molar-refractivity contribution in [2.75, 3.05) is 18.1 Å². The van der Waals surface area contributed by atoms with Crippen LogP contribution in [0.15, 0.2) is 24.3 Å². The van der Waals surface area contributed by atoms with Crippen LogP contribution in [0, 0.1) is 0 Å². The molecule has 0 bridgehead atoms. The third-order valence-electron chi connectivity index (χ3n) is 3.44. The first-order valence-corrected chi connectivity index (χ1v) is 9.99. The van der Waals surface area contributed by atoms with Gasteiger partial charge in [0.1, 0.15) is 16.9 Å². The number of hydrogen-bond acceptors (Lipinski definition) is 5. The number of carbonyl (C=O) groups excluding carboxylic acids is 2. The Labute approximate surface area is 169 Å². The van der Waals surface area contributed by atoms with Crippen molar-refractivity contribution in [3.05, 3.63) is 29.8 Å². The second-order valence-electron chi connectivity index (χ2n) is 7.16. The van der Waals surface area contributed by atoms with Gasteiger partial charge in [-0.25, -0.2) is 9.59 Å². The average Bonchev–Trinajstić information content (AvgIpc) is 2.54. The van der Waals surface area contributed by atoms with Gasteiger partial charge in [-0.05, 0) is 51.8 Å². The smallest absolute Gasteiger partial charge is 0.408 e. The highest BCUT2D eigenvalue weighted by Crippen LogP contribution is 2.20. The van der Waals surface area contributed by atoms with Gasteiger partial charge in [-0.1, -0.05) is 34.7 Å². The number of carbonyl (C=O) groups is 2. The number of nitrogens with one attached hydrogen (secondary N) is 1. The van der Waals surface area contributed by atoms with Crippen molar-refractivity contribution in [3.63, 3.8) is 0 Å². The lowest BCUT2D eigenvalue weighted by Gasteiger charge is -2.29. The molecule has 0 heterocycles. The highest BCUT2D eigenvalue weighted by Gasteiger charge is 2.37. The highest BCUT2D eigenvalue weighted by atomic mass is 127. The molecule has 0 aliphatic rings. The molecule has 146 valence electrons. The van der Waals surface area contributed by atoms with Crippen LogP contribution >= 0.6 is 22.6 Å². The number of alkyl halides is 1. The number of benzene rings is 1. The molecule has 7 heteroatoms. The van der Waals surface area contributed by atoms with Crippen LogP contribution in [0.1, 0.15) is 39.7 Å². The number of ether oxygens (including phenoxy) is 3. The molecule has 0 radical (unpaired) electrons. The molecule has 26 heavy (non-hydrogen) atoms. The molecule has 0 aliphatic carbocycles. The van der Waals surface area contributed by atoms with Gasteiger partial charge >= 0.3 is 12.1 Å². The van der Waals surface area contributed by atoms with E-state index in [1.165, 1.54) is 7.11 Å². The number of hydrogen-bond donors (Lipinski definition) is 1. The van der Waals surface area contributed by atoms with Crippen molar-refractivity contribution < 1.29 is 23.8 Å². The third-order valence-corrected chi connectivity index (χ3v) is 4.20. The van der Waals surface area contributed by atoms with E-state index in [1.807, 2.05) is 24.3 Å². The predicted octanol–water partition coefficient (Wildman–Crippen LogP) is 3.89. The van der Waals surface area contributed by atoms with Crippen LogP contribution in [0.3, 0.4) is 0 Å². The van der Waals surface area contributed by atoms with E-state index in [2.05, 4.69) is 27.9 Å². The number of alkyl carbamates (subject to hydrolysis) is 1. The van der Waals surface area contributed by atoms with E-state index in [1.54, 1.807) is 27.7 Å². The van der Waals surface area contributed by atoms with Crippen molar-refractivity contribution in [1.82, 2.24) is 5.32 Å². The van der Waals surface area contributed by atoms with E-state index in [0.717, 1.165) is 22.2 Å². The zero-order chi connectivity index (χ0) is 19.8. The highest BCUT2D eigenvalue weighted by molar-refractivity contribution is 14.1. The number of esters is 1. The first-order valence-electron chi connectivity index (χ1n) is 8.47. The van der Waals surface area contributed by atoms with Crippen LogP contribution in [-0.4, -0.2) is 41.3 Å². The van der Waals surface area contributed by atoms with Crippen LogP contribution in [0.5, 0.6) is 5.75 Å². The Kier molecular flexibility index (Phi) is 8.66. The first kappa shape index (κ1) is 22.5. The molecule has 1 N–H and O–H groups in total. The summed E-state index contributed by atoms with van der Waals surface area (Å²) >= 11 is 2.31. The van der Waals surface area contributed by atoms with Gasteiger partial charge in [0.15, 0.2) is 0 Å². The summed E-state index contributed by atoms with van der Waals surface area (Å²) in [5, 5.41) is 2.64. The van der Waals surface area contributed by atoms with Gasteiger partial charge in [0.25, 0.3) is 0 Å². The fourth-order valence-electron chi connectivity index (χ4n) is 2.28. The lowest BCUT2D eigenvalue weighted by molar-refractivity contribution is -0.147. The van der Waals surface area contributed by atoms with Gasteiger partial charge in [0, 0.05) is 10.8 Å². The normalized spacial score (nSPS) is 13.5. The molecule has 0 saturated carbocycles. The molecule has 0 aromatic heterocycles. The largest absolute Gasteiger partial charge is 0.494 e. The quantitative estimate of drug-likeness (QED) is 0.266. The van der Waals surface area contributed by atoms with Crippen molar-refractivity contribution >= 4 is 34.7 Å². The molecule has 1 atom stereocenters. The van der Waals surface area contributed by atoms with Gasteiger partial charge in [-0.3, -0.25) is 0 Å². The Morgan fingerprint density at radius 3 is 2.23 bits per heavy atom. The van der Waals surface area contributed by atoms with Crippen LogP contribution in [-0.2, 0) is 20.7 Å². The fourth-order valence-corrected chi connectivity index (χ4v) is 2.59. The van der Waals surface area contributed by atoms with E-state index in [4.69, 9.17) is 14.2 Å². The summed E-state index contributed by atoms with van der Waals surface area (Å²) in [4.78, 5) is 24.4.